The minimum atomic E-state index is -0.0473. The molecule has 0 radical (unpaired) electrons. The molecular formula is C22H26N2O2S. The Labute approximate surface area is 165 Å². The lowest BCUT2D eigenvalue weighted by atomic mass is 9.87. The van der Waals surface area contributed by atoms with Crippen LogP contribution in [0.5, 0.6) is 0 Å². The van der Waals surface area contributed by atoms with E-state index in [0.717, 1.165) is 16.9 Å². The van der Waals surface area contributed by atoms with Gasteiger partial charge in [-0.15, -0.1) is 11.8 Å². The van der Waals surface area contributed by atoms with E-state index in [9.17, 15) is 9.59 Å². The van der Waals surface area contributed by atoms with Gasteiger partial charge in [-0.05, 0) is 40.8 Å². The second-order valence-corrected chi connectivity index (χ2v) is 8.82. The van der Waals surface area contributed by atoms with Crippen LogP contribution in [0.1, 0.15) is 50.6 Å². The summed E-state index contributed by atoms with van der Waals surface area (Å²) in [6, 6.07) is 16.0. The zero-order valence-electron chi connectivity index (χ0n) is 16.3. The molecule has 3 rings (SSSR count). The average Bonchev–Trinajstić information content (AvgIpc) is 3.03. The molecule has 2 amide bonds. The van der Waals surface area contributed by atoms with Crippen molar-refractivity contribution in [2.24, 2.45) is 0 Å². The lowest BCUT2D eigenvalue weighted by Crippen LogP contribution is -2.28. The van der Waals surface area contributed by atoms with Crippen molar-refractivity contribution < 1.29 is 9.59 Å². The maximum Gasteiger partial charge on any atom is 0.238 e. The summed E-state index contributed by atoms with van der Waals surface area (Å²) in [6.07, 6.45) is 0.451. The van der Waals surface area contributed by atoms with Gasteiger partial charge in [0.25, 0.3) is 0 Å². The topological polar surface area (TPSA) is 49.4 Å². The largest absolute Gasteiger partial charge is 0.326 e. The molecule has 0 spiro atoms. The highest BCUT2D eigenvalue weighted by Crippen LogP contribution is 2.42. The minimum absolute atomic E-state index is 0.00580. The lowest BCUT2D eigenvalue weighted by molar-refractivity contribution is -0.116. The van der Waals surface area contributed by atoms with Crippen LogP contribution in [0.3, 0.4) is 0 Å². The van der Waals surface area contributed by atoms with Gasteiger partial charge in [-0.3, -0.25) is 14.5 Å². The number of rotatable bonds is 4. The molecule has 142 valence electrons. The maximum absolute atomic E-state index is 12.5. The van der Waals surface area contributed by atoms with E-state index in [1.54, 1.807) is 11.8 Å². The average molecular weight is 383 g/mol. The van der Waals surface area contributed by atoms with E-state index < -0.39 is 0 Å². The minimum Gasteiger partial charge on any atom is -0.326 e. The molecule has 1 atom stereocenters. The predicted octanol–water partition coefficient (Wildman–Crippen LogP) is 5.11. The molecule has 4 nitrogen and oxygen atoms in total. The molecule has 0 bridgehead atoms. The molecule has 1 aliphatic heterocycles. The van der Waals surface area contributed by atoms with Crippen LogP contribution in [0.25, 0.3) is 0 Å². The van der Waals surface area contributed by atoms with Crippen LogP contribution in [-0.2, 0) is 15.0 Å². The number of carbonyl (C=O) groups excluding carboxylic acids is 2. The van der Waals surface area contributed by atoms with Gasteiger partial charge in [0.1, 0.15) is 5.37 Å². The van der Waals surface area contributed by atoms with Crippen molar-refractivity contribution in [1.29, 1.82) is 0 Å². The molecule has 1 heterocycles. The number of thioether (sulfide) groups is 1. The van der Waals surface area contributed by atoms with Gasteiger partial charge in [-0.2, -0.15) is 0 Å². The zero-order chi connectivity index (χ0) is 19.6. The molecule has 2 aromatic rings. The van der Waals surface area contributed by atoms with Crippen LogP contribution < -0.4 is 10.2 Å². The first-order valence-electron chi connectivity index (χ1n) is 9.23. The molecule has 0 aliphatic carbocycles. The fourth-order valence-electron chi connectivity index (χ4n) is 3.05. The van der Waals surface area contributed by atoms with E-state index in [1.807, 2.05) is 48.2 Å². The van der Waals surface area contributed by atoms with Crippen molar-refractivity contribution >= 4 is 35.0 Å². The summed E-state index contributed by atoms with van der Waals surface area (Å²) < 4.78 is 0. The van der Waals surface area contributed by atoms with Crippen LogP contribution in [0.15, 0.2) is 48.5 Å². The molecule has 1 N–H and O–H groups in total. The Morgan fingerprint density at radius 3 is 2.30 bits per heavy atom. The van der Waals surface area contributed by atoms with Gasteiger partial charge < -0.3 is 5.32 Å². The van der Waals surface area contributed by atoms with Crippen molar-refractivity contribution in [3.05, 3.63) is 59.7 Å². The fourth-order valence-corrected chi connectivity index (χ4v) is 4.23. The van der Waals surface area contributed by atoms with E-state index in [2.05, 4.69) is 38.2 Å². The Kier molecular flexibility index (Phi) is 5.61. The number of nitrogens with one attached hydrogen (secondary N) is 1. The quantitative estimate of drug-likeness (QED) is 0.799. The van der Waals surface area contributed by atoms with Gasteiger partial charge in [-0.25, -0.2) is 0 Å². The van der Waals surface area contributed by atoms with Crippen LogP contribution >= 0.6 is 11.8 Å². The van der Waals surface area contributed by atoms with Crippen LogP contribution in [0, 0.1) is 0 Å². The van der Waals surface area contributed by atoms with E-state index in [-0.39, 0.29) is 22.6 Å². The molecule has 1 saturated heterocycles. The Morgan fingerprint density at radius 2 is 1.74 bits per heavy atom. The number of hydrogen-bond donors (Lipinski definition) is 1. The van der Waals surface area contributed by atoms with Crippen molar-refractivity contribution in [3.8, 4) is 0 Å². The van der Waals surface area contributed by atoms with Gasteiger partial charge in [0.15, 0.2) is 0 Å². The van der Waals surface area contributed by atoms with E-state index in [0.29, 0.717) is 12.2 Å². The summed E-state index contributed by atoms with van der Waals surface area (Å²) in [4.78, 5) is 25.9. The fraction of sp³-hybridized carbons (Fsp3) is 0.364. The summed E-state index contributed by atoms with van der Waals surface area (Å²) in [6.45, 7) is 8.37. The molecule has 5 heteroatoms. The molecule has 1 unspecified atom stereocenters. The highest BCUT2D eigenvalue weighted by atomic mass is 32.2. The first kappa shape index (κ1) is 19.5. The van der Waals surface area contributed by atoms with Crippen LogP contribution in [0.4, 0.5) is 11.4 Å². The Bertz CT molecular complexity index is 823. The molecule has 1 fully saturated rings. The Hall–Kier alpha value is -2.27. The van der Waals surface area contributed by atoms with Gasteiger partial charge in [0.2, 0.25) is 11.8 Å². The van der Waals surface area contributed by atoms with Gasteiger partial charge in [-0.1, -0.05) is 52.0 Å². The second-order valence-electron chi connectivity index (χ2n) is 7.75. The number of carbonyl (C=O) groups is 2. The number of benzene rings is 2. The standard InChI is InChI=1S/C22H26N2O2S/c1-5-19(25)23-17-10-6-15(7-11-17)21-24(20(26)14-27-21)18-12-8-16(9-13-18)22(2,3)4/h6-13,21H,5,14H2,1-4H3,(H,23,25). The summed E-state index contributed by atoms with van der Waals surface area (Å²) >= 11 is 1.63. The Balaban J connectivity index is 1.83. The van der Waals surface area contributed by atoms with Crippen LogP contribution in [0.2, 0.25) is 0 Å². The Morgan fingerprint density at radius 1 is 1.11 bits per heavy atom. The molecule has 1 aliphatic rings. The molecule has 2 aromatic carbocycles. The summed E-state index contributed by atoms with van der Waals surface area (Å²) in [5.74, 6) is 0.589. The molecule has 27 heavy (non-hydrogen) atoms. The van der Waals surface area contributed by atoms with Crippen molar-refractivity contribution in [1.82, 2.24) is 0 Å². The second kappa shape index (κ2) is 7.77. The normalized spacial score (nSPS) is 17.3. The third-order valence-corrected chi connectivity index (χ3v) is 5.89. The van der Waals surface area contributed by atoms with Gasteiger partial charge in [0.05, 0.1) is 5.75 Å². The number of anilines is 2. The van der Waals surface area contributed by atoms with Crippen molar-refractivity contribution in [2.45, 2.75) is 44.9 Å². The van der Waals surface area contributed by atoms with E-state index in [1.165, 1.54) is 5.56 Å². The van der Waals surface area contributed by atoms with Crippen LogP contribution in [-0.4, -0.2) is 17.6 Å². The monoisotopic (exact) mass is 382 g/mol. The van der Waals surface area contributed by atoms with E-state index in [4.69, 9.17) is 0 Å². The number of nitrogens with zero attached hydrogens (tertiary/aromatic N) is 1. The first-order chi connectivity index (χ1) is 12.8. The highest BCUT2D eigenvalue weighted by molar-refractivity contribution is 8.00. The van der Waals surface area contributed by atoms with Crippen molar-refractivity contribution in [2.75, 3.05) is 16.0 Å². The van der Waals surface area contributed by atoms with E-state index >= 15 is 0 Å². The van der Waals surface area contributed by atoms with Crippen molar-refractivity contribution in [3.63, 3.8) is 0 Å². The first-order valence-corrected chi connectivity index (χ1v) is 10.3. The smallest absolute Gasteiger partial charge is 0.238 e. The third kappa shape index (κ3) is 4.35. The summed E-state index contributed by atoms with van der Waals surface area (Å²) in [5.41, 5.74) is 4.09. The number of amides is 2. The maximum atomic E-state index is 12.5. The third-order valence-electron chi connectivity index (χ3n) is 4.68. The number of hydrogen-bond acceptors (Lipinski definition) is 3. The predicted molar refractivity (Wildman–Crippen MR) is 113 cm³/mol. The van der Waals surface area contributed by atoms with Gasteiger partial charge >= 0.3 is 0 Å². The summed E-state index contributed by atoms with van der Waals surface area (Å²) in [7, 11) is 0. The summed E-state index contributed by atoms with van der Waals surface area (Å²) in [5, 5.41) is 2.81. The molecule has 0 saturated carbocycles. The SMILES string of the molecule is CCC(=O)Nc1ccc(C2SCC(=O)N2c2ccc(C(C)(C)C)cc2)cc1. The highest BCUT2D eigenvalue weighted by Gasteiger charge is 2.34. The lowest BCUT2D eigenvalue weighted by Gasteiger charge is -2.26. The zero-order valence-corrected chi connectivity index (χ0v) is 17.1. The molecule has 0 aromatic heterocycles. The molecular weight excluding hydrogens is 356 g/mol. The van der Waals surface area contributed by atoms with Gasteiger partial charge in [0, 0.05) is 17.8 Å².